The predicted molar refractivity (Wildman–Crippen MR) is 58.2 cm³/mol. The van der Waals surface area contributed by atoms with E-state index in [0.717, 1.165) is 5.56 Å². The summed E-state index contributed by atoms with van der Waals surface area (Å²) < 4.78 is 5.08. The number of aliphatic imine (C=N–C) groups is 1. The van der Waals surface area contributed by atoms with Crippen molar-refractivity contribution in [2.24, 2.45) is 16.5 Å². The monoisotopic (exact) mass is 213 g/mol. The first-order valence-electron chi connectivity index (χ1n) is 3.98. The Morgan fingerprint density at radius 3 is 2.57 bits per heavy atom. The van der Waals surface area contributed by atoms with Gasteiger partial charge >= 0.3 is 0 Å². The molecule has 14 heavy (non-hydrogen) atoms. The highest BCUT2D eigenvalue weighted by atomic mass is 35.5. The summed E-state index contributed by atoms with van der Waals surface area (Å²) in [6.45, 7) is 1.87. The summed E-state index contributed by atoms with van der Waals surface area (Å²) in [5.74, 6) is 0.541. The molecule has 0 saturated carbocycles. The molecule has 0 unspecified atom stereocenters. The number of nitrogens with zero attached hydrogens (tertiary/aromatic N) is 1. The van der Waals surface area contributed by atoms with E-state index < -0.39 is 0 Å². The van der Waals surface area contributed by atoms with Crippen molar-refractivity contribution < 1.29 is 4.74 Å². The molecule has 1 rings (SSSR count). The number of hydrogen-bond donors (Lipinski definition) is 2. The van der Waals surface area contributed by atoms with Crippen molar-refractivity contribution in [2.75, 3.05) is 7.11 Å². The van der Waals surface area contributed by atoms with Crippen molar-refractivity contribution in [3.8, 4) is 5.75 Å². The number of benzene rings is 1. The highest BCUT2D eigenvalue weighted by Gasteiger charge is 2.05. The van der Waals surface area contributed by atoms with Crippen LogP contribution in [0.15, 0.2) is 17.1 Å². The first-order valence-corrected chi connectivity index (χ1v) is 4.36. The van der Waals surface area contributed by atoms with Crippen LogP contribution in [0, 0.1) is 6.92 Å². The van der Waals surface area contributed by atoms with Crippen LogP contribution in [0.4, 0.5) is 5.69 Å². The van der Waals surface area contributed by atoms with E-state index in [1.807, 2.05) is 6.92 Å². The second kappa shape index (κ2) is 4.19. The van der Waals surface area contributed by atoms with E-state index in [1.54, 1.807) is 12.1 Å². The van der Waals surface area contributed by atoms with Gasteiger partial charge in [-0.2, -0.15) is 0 Å². The maximum absolute atomic E-state index is 5.91. The van der Waals surface area contributed by atoms with Crippen LogP contribution >= 0.6 is 11.6 Å². The molecule has 4 N–H and O–H groups in total. The zero-order valence-corrected chi connectivity index (χ0v) is 8.80. The molecule has 1 aromatic rings. The van der Waals surface area contributed by atoms with Crippen LogP contribution in [-0.2, 0) is 0 Å². The minimum absolute atomic E-state index is 0.00924. The molecule has 0 atom stereocenters. The Morgan fingerprint density at radius 1 is 1.43 bits per heavy atom. The molecule has 0 fully saturated rings. The molecule has 0 bridgehead atoms. The van der Waals surface area contributed by atoms with E-state index in [9.17, 15) is 0 Å². The lowest BCUT2D eigenvalue weighted by Crippen LogP contribution is -2.21. The van der Waals surface area contributed by atoms with E-state index in [-0.39, 0.29) is 5.96 Å². The van der Waals surface area contributed by atoms with E-state index in [0.29, 0.717) is 16.5 Å². The Bertz CT molecular complexity index is 373. The fourth-order valence-corrected chi connectivity index (χ4v) is 1.19. The molecular weight excluding hydrogens is 202 g/mol. The van der Waals surface area contributed by atoms with Crippen LogP contribution in [0.3, 0.4) is 0 Å². The first kappa shape index (κ1) is 10.7. The Labute approximate surface area is 87.5 Å². The van der Waals surface area contributed by atoms with Gasteiger partial charge in [0.15, 0.2) is 5.96 Å². The van der Waals surface area contributed by atoms with Gasteiger partial charge in [-0.15, -0.1) is 0 Å². The maximum Gasteiger partial charge on any atom is 0.191 e. The van der Waals surface area contributed by atoms with Gasteiger partial charge in [0.1, 0.15) is 11.4 Å². The average Bonchev–Trinajstić information content (AvgIpc) is 2.10. The minimum atomic E-state index is -0.00924. The number of hydrogen-bond acceptors (Lipinski definition) is 2. The van der Waals surface area contributed by atoms with E-state index in [2.05, 4.69) is 4.99 Å². The molecule has 1 aromatic carbocycles. The molecule has 0 spiro atoms. The van der Waals surface area contributed by atoms with Gasteiger partial charge in [0, 0.05) is 11.1 Å². The third-order valence-electron chi connectivity index (χ3n) is 1.71. The topological polar surface area (TPSA) is 73.6 Å². The smallest absolute Gasteiger partial charge is 0.191 e. The lowest BCUT2D eigenvalue weighted by atomic mass is 10.2. The quantitative estimate of drug-likeness (QED) is 0.579. The minimum Gasteiger partial charge on any atom is -0.494 e. The molecule has 0 amide bonds. The number of nitrogens with two attached hydrogens (primary N) is 2. The lowest BCUT2D eigenvalue weighted by molar-refractivity contribution is 0.416. The van der Waals surface area contributed by atoms with Crippen LogP contribution in [0.25, 0.3) is 0 Å². The molecule has 0 aliphatic carbocycles. The Hall–Kier alpha value is -1.42. The maximum atomic E-state index is 5.91. The number of methoxy groups -OCH3 is 1. The van der Waals surface area contributed by atoms with Gasteiger partial charge in [-0.3, -0.25) is 0 Å². The van der Waals surface area contributed by atoms with Gasteiger partial charge < -0.3 is 16.2 Å². The van der Waals surface area contributed by atoms with Crippen LogP contribution in [0.2, 0.25) is 5.02 Å². The summed E-state index contributed by atoms with van der Waals surface area (Å²) in [6, 6.07) is 3.44. The summed E-state index contributed by atoms with van der Waals surface area (Å²) in [6.07, 6.45) is 0. The summed E-state index contributed by atoms with van der Waals surface area (Å²) >= 11 is 5.91. The molecule has 0 aliphatic heterocycles. The SMILES string of the molecule is COc1cc(Cl)c(C)cc1N=C(N)N. The van der Waals surface area contributed by atoms with E-state index in [4.69, 9.17) is 27.8 Å². The Morgan fingerprint density at radius 2 is 2.07 bits per heavy atom. The molecule has 0 aromatic heterocycles. The third-order valence-corrected chi connectivity index (χ3v) is 2.12. The number of aryl methyl sites for hydroxylation is 1. The highest BCUT2D eigenvalue weighted by molar-refractivity contribution is 6.31. The van der Waals surface area contributed by atoms with Crippen LogP contribution < -0.4 is 16.2 Å². The van der Waals surface area contributed by atoms with E-state index >= 15 is 0 Å². The van der Waals surface area contributed by atoms with Crippen molar-refractivity contribution >= 4 is 23.2 Å². The average molecular weight is 214 g/mol. The number of guanidine groups is 1. The zero-order valence-electron chi connectivity index (χ0n) is 8.04. The van der Waals surface area contributed by atoms with Crippen molar-refractivity contribution in [3.63, 3.8) is 0 Å². The van der Waals surface area contributed by atoms with Gasteiger partial charge in [0.2, 0.25) is 0 Å². The van der Waals surface area contributed by atoms with Crippen LogP contribution in [0.5, 0.6) is 5.75 Å². The fraction of sp³-hybridized carbons (Fsp3) is 0.222. The summed E-state index contributed by atoms with van der Waals surface area (Å²) in [4.78, 5) is 3.92. The Kier molecular flexibility index (Phi) is 3.19. The van der Waals surface area contributed by atoms with Crippen molar-refractivity contribution in [1.29, 1.82) is 0 Å². The second-order valence-electron chi connectivity index (χ2n) is 2.81. The van der Waals surface area contributed by atoms with Gasteiger partial charge in [-0.25, -0.2) is 4.99 Å². The zero-order chi connectivity index (χ0) is 10.7. The summed E-state index contributed by atoms with van der Waals surface area (Å²) in [5.41, 5.74) is 12.0. The summed E-state index contributed by atoms with van der Waals surface area (Å²) in [5, 5.41) is 0.622. The molecule has 5 heteroatoms. The van der Waals surface area contributed by atoms with Crippen LogP contribution in [-0.4, -0.2) is 13.1 Å². The molecule has 76 valence electrons. The van der Waals surface area contributed by atoms with Crippen molar-refractivity contribution in [1.82, 2.24) is 0 Å². The van der Waals surface area contributed by atoms with Gasteiger partial charge in [-0.1, -0.05) is 11.6 Å². The molecule has 0 saturated heterocycles. The number of ether oxygens (including phenoxy) is 1. The first-order chi connectivity index (χ1) is 6.54. The molecular formula is C9H12ClN3O. The molecule has 0 aliphatic rings. The standard InChI is InChI=1S/C9H12ClN3O/c1-5-3-7(13-9(11)12)8(14-2)4-6(5)10/h3-4H,1-2H3,(H4,11,12,13). The number of rotatable bonds is 2. The largest absolute Gasteiger partial charge is 0.494 e. The number of halogens is 1. The van der Waals surface area contributed by atoms with Crippen molar-refractivity contribution in [3.05, 3.63) is 22.7 Å². The summed E-state index contributed by atoms with van der Waals surface area (Å²) in [7, 11) is 1.53. The van der Waals surface area contributed by atoms with Gasteiger partial charge in [0.25, 0.3) is 0 Å². The Balaban J connectivity index is 3.27. The molecule has 4 nitrogen and oxygen atoms in total. The van der Waals surface area contributed by atoms with Crippen LogP contribution in [0.1, 0.15) is 5.56 Å². The molecule has 0 radical (unpaired) electrons. The lowest BCUT2D eigenvalue weighted by Gasteiger charge is -2.07. The predicted octanol–water partition coefficient (Wildman–Crippen LogP) is 1.56. The van der Waals surface area contributed by atoms with E-state index in [1.165, 1.54) is 7.11 Å². The normalized spacial score (nSPS) is 9.64. The highest BCUT2D eigenvalue weighted by Crippen LogP contribution is 2.32. The molecule has 0 heterocycles. The van der Waals surface area contributed by atoms with Gasteiger partial charge in [0.05, 0.1) is 7.11 Å². The second-order valence-corrected chi connectivity index (χ2v) is 3.22. The fourth-order valence-electron chi connectivity index (χ4n) is 1.04. The third kappa shape index (κ3) is 2.29. The van der Waals surface area contributed by atoms with Gasteiger partial charge in [-0.05, 0) is 18.6 Å². The van der Waals surface area contributed by atoms with Crippen molar-refractivity contribution in [2.45, 2.75) is 6.92 Å².